The quantitative estimate of drug-likeness (QED) is 0.111. The SMILES string of the molecule is C1=CC(c2nc(-c3ccccc3)nc(-c3cc(-c4ccc(-c5ccc6oc7c(c6c5)CCC=C7)cc4)cc(-c4ccc5cc(-c6ccc7c8c(oc7c6)=CCC(c6ccc(-c7cc(-c9ccccn9)cc(-c9nc(-c%10ccccc%10)nc(-c%10ccccc%10)n9)c7)cc6)C=8)ccc5c4)c3)n2)=CCC1. The van der Waals surface area contributed by atoms with E-state index in [1.54, 1.807) is 0 Å². The number of nitrogens with zero attached hydrogens (tertiary/aromatic N) is 7. The van der Waals surface area contributed by atoms with Gasteiger partial charge in [0.25, 0.3) is 0 Å². The van der Waals surface area contributed by atoms with Crippen LogP contribution in [0.5, 0.6) is 0 Å². The Bertz CT molecular complexity index is 6140. The van der Waals surface area contributed by atoms with Gasteiger partial charge in [-0.25, -0.2) is 29.9 Å². The lowest BCUT2D eigenvalue weighted by Gasteiger charge is -2.15. The second kappa shape index (κ2) is 25.6. The van der Waals surface area contributed by atoms with E-state index in [0.29, 0.717) is 34.9 Å². The van der Waals surface area contributed by atoms with Crippen molar-refractivity contribution in [2.45, 2.75) is 38.0 Å². The Labute approximate surface area is 589 Å². The van der Waals surface area contributed by atoms with Crippen molar-refractivity contribution in [2.75, 3.05) is 0 Å². The van der Waals surface area contributed by atoms with E-state index in [2.05, 4.69) is 212 Å². The topological polar surface area (TPSA) is 117 Å². The molecule has 9 nitrogen and oxygen atoms in total. The van der Waals surface area contributed by atoms with Gasteiger partial charge in [-0.1, -0.05) is 212 Å². The summed E-state index contributed by atoms with van der Waals surface area (Å²) in [5, 5.41) is 5.71. The number of rotatable bonds is 13. The van der Waals surface area contributed by atoms with Crippen LogP contribution < -0.4 is 10.6 Å². The van der Waals surface area contributed by atoms with Crippen molar-refractivity contribution in [2.24, 2.45) is 0 Å². The summed E-state index contributed by atoms with van der Waals surface area (Å²) in [6.45, 7) is 0. The highest BCUT2D eigenvalue weighted by Crippen LogP contribution is 2.40. The monoisotopic (exact) mass is 1310 g/mol. The van der Waals surface area contributed by atoms with Crippen LogP contribution >= 0.6 is 0 Å². The summed E-state index contributed by atoms with van der Waals surface area (Å²) in [7, 11) is 0. The summed E-state index contributed by atoms with van der Waals surface area (Å²) in [6, 6.07) is 94.4. The predicted octanol–water partition coefficient (Wildman–Crippen LogP) is 21.9. The van der Waals surface area contributed by atoms with Crippen LogP contribution in [0.2, 0.25) is 0 Å². The lowest BCUT2D eigenvalue weighted by Crippen LogP contribution is -2.24. The first kappa shape index (κ1) is 60.1. The van der Waals surface area contributed by atoms with Gasteiger partial charge in [0.05, 0.1) is 5.69 Å². The summed E-state index contributed by atoms with van der Waals surface area (Å²) in [5.74, 6) is 4.89. The number of pyridine rings is 1. The first-order valence-electron chi connectivity index (χ1n) is 34.9. The molecule has 0 amide bonds. The van der Waals surface area contributed by atoms with Gasteiger partial charge in [0.15, 0.2) is 34.9 Å². The van der Waals surface area contributed by atoms with Crippen molar-refractivity contribution >= 4 is 56.5 Å². The van der Waals surface area contributed by atoms with Crippen LogP contribution in [0.3, 0.4) is 0 Å². The standard InChI is InChI=1S/C93H63N7O2/c1-5-17-62(18-6-1)88-95-89(63-19-7-2-8-20-63)98-92(97-88)77-51-73(60-32-28-58(29-33-60)70-41-44-85-81(55-70)79-25-13-14-27-84(79)101-85)49-75(53-77)69-39-38-66-47-68(37-36-67(66)48-69)72-40-43-80-82-56-71(42-45-86(82)102-87(80)57-72)59-30-34-61(35-31-59)74-50-76(83-26-15-16-46-94-83)54-78(52-74)93-99-90(64-21-9-3-10-22-64)96-91(100-93)65-23-11-4-12-24-65/h1,3-7,9-12,14-24,26-41,43-57,71H,2,8,13,25,42H2. The molecular formula is C93H63N7O2. The van der Waals surface area contributed by atoms with Crippen molar-refractivity contribution in [3.05, 3.63) is 331 Å². The fourth-order valence-corrected chi connectivity index (χ4v) is 14.7. The summed E-state index contributed by atoms with van der Waals surface area (Å²) in [5.41, 5.74) is 23.6. The zero-order valence-electron chi connectivity index (χ0n) is 55.6. The van der Waals surface area contributed by atoms with Crippen LogP contribution in [-0.4, -0.2) is 34.9 Å². The Morgan fingerprint density at radius 2 is 0.824 bits per heavy atom. The molecule has 0 bridgehead atoms. The Morgan fingerprint density at radius 1 is 0.324 bits per heavy atom. The van der Waals surface area contributed by atoms with E-state index in [1.807, 2.05) is 103 Å². The molecule has 1 atom stereocenters. The lowest BCUT2D eigenvalue weighted by molar-refractivity contribution is 0.570. The third kappa shape index (κ3) is 11.6. The molecule has 0 fully saturated rings. The Morgan fingerprint density at radius 3 is 1.44 bits per heavy atom. The Hall–Kier alpha value is -13.1. The van der Waals surface area contributed by atoms with E-state index in [9.17, 15) is 0 Å². The van der Waals surface area contributed by atoms with E-state index in [1.165, 1.54) is 16.5 Å². The molecule has 19 rings (SSSR count). The van der Waals surface area contributed by atoms with E-state index < -0.39 is 0 Å². The van der Waals surface area contributed by atoms with Gasteiger partial charge < -0.3 is 8.83 Å². The molecule has 0 radical (unpaired) electrons. The minimum absolute atomic E-state index is 0.163. The molecule has 1 unspecified atom stereocenters. The van der Waals surface area contributed by atoms with Crippen LogP contribution in [0.25, 0.3) is 180 Å². The zero-order valence-corrected chi connectivity index (χ0v) is 55.6. The Kier molecular flexibility index (Phi) is 15.1. The molecule has 9 heteroatoms. The maximum Gasteiger partial charge on any atom is 0.164 e. The first-order chi connectivity index (χ1) is 50.4. The second-order valence-electron chi connectivity index (χ2n) is 26.5. The summed E-state index contributed by atoms with van der Waals surface area (Å²) < 4.78 is 12.9. The van der Waals surface area contributed by atoms with Crippen LogP contribution in [0, 0.1) is 0 Å². The second-order valence-corrected chi connectivity index (χ2v) is 26.5. The van der Waals surface area contributed by atoms with Gasteiger partial charge in [0.2, 0.25) is 0 Å². The summed E-state index contributed by atoms with van der Waals surface area (Å²) in [4.78, 5) is 35.5. The maximum atomic E-state index is 6.70. The number of furan rings is 2. The highest BCUT2D eigenvalue weighted by molar-refractivity contribution is 5.95. The molecule has 5 heterocycles. The number of aromatic nitrogens is 7. The molecule has 0 aliphatic heterocycles. The number of fused-ring (bicyclic) bond motifs is 7. The Balaban J connectivity index is 0.624. The molecule has 16 aromatic rings. The number of aryl methyl sites for hydroxylation is 1. The van der Waals surface area contributed by atoms with E-state index in [0.717, 1.165) is 176 Å². The third-order valence-corrected chi connectivity index (χ3v) is 20.0. The van der Waals surface area contributed by atoms with Gasteiger partial charge >= 0.3 is 0 Å². The number of hydrogen-bond acceptors (Lipinski definition) is 9. The number of benzene rings is 11. The van der Waals surface area contributed by atoms with Crippen molar-refractivity contribution < 1.29 is 8.83 Å². The highest BCUT2D eigenvalue weighted by atomic mass is 16.3. The number of hydrogen-bond donors (Lipinski definition) is 0. The molecule has 3 aliphatic rings. The van der Waals surface area contributed by atoms with E-state index in [-0.39, 0.29) is 5.92 Å². The minimum atomic E-state index is 0.163. The maximum absolute atomic E-state index is 6.70. The van der Waals surface area contributed by atoms with Crippen LogP contribution in [0.4, 0.5) is 0 Å². The molecule has 5 aromatic heterocycles. The van der Waals surface area contributed by atoms with Gasteiger partial charge in [-0.2, -0.15) is 0 Å². The highest BCUT2D eigenvalue weighted by Gasteiger charge is 2.22. The van der Waals surface area contributed by atoms with E-state index in [4.69, 9.17) is 43.7 Å². The largest absolute Gasteiger partial charge is 0.456 e. The lowest BCUT2D eigenvalue weighted by atomic mass is 9.90. The molecule has 11 aromatic carbocycles. The average molecular weight is 1310 g/mol. The van der Waals surface area contributed by atoms with Crippen molar-refractivity contribution in [3.63, 3.8) is 0 Å². The average Bonchev–Trinajstić information content (AvgIpc) is 1.46. The number of allylic oxidation sites excluding steroid dienone is 5. The summed E-state index contributed by atoms with van der Waals surface area (Å²) in [6.07, 6.45) is 22.1. The minimum Gasteiger partial charge on any atom is -0.456 e. The smallest absolute Gasteiger partial charge is 0.164 e. The molecule has 0 saturated heterocycles. The molecular weight excluding hydrogens is 1250 g/mol. The van der Waals surface area contributed by atoms with Crippen LogP contribution in [0.15, 0.2) is 306 Å². The molecule has 0 N–H and O–H groups in total. The molecule has 482 valence electrons. The molecule has 3 aliphatic carbocycles. The summed E-state index contributed by atoms with van der Waals surface area (Å²) >= 11 is 0. The normalized spacial score (nSPS) is 13.9. The molecule has 0 saturated carbocycles. The van der Waals surface area contributed by atoms with Crippen LogP contribution in [-0.2, 0) is 6.42 Å². The fourth-order valence-electron chi connectivity index (χ4n) is 14.7. The molecule has 0 spiro atoms. The predicted molar refractivity (Wildman–Crippen MR) is 414 cm³/mol. The van der Waals surface area contributed by atoms with Crippen LogP contribution in [0.1, 0.15) is 54.3 Å². The van der Waals surface area contributed by atoms with Gasteiger partial charge in [-0.05, 0) is 201 Å². The third-order valence-electron chi connectivity index (χ3n) is 20.0. The van der Waals surface area contributed by atoms with Gasteiger partial charge in [0, 0.05) is 72.6 Å². The first-order valence-corrected chi connectivity index (χ1v) is 34.9. The van der Waals surface area contributed by atoms with E-state index >= 15 is 0 Å². The van der Waals surface area contributed by atoms with Gasteiger partial charge in [-0.3, -0.25) is 4.98 Å². The van der Waals surface area contributed by atoms with Gasteiger partial charge in [-0.15, -0.1) is 0 Å². The van der Waals surface area contributed by atoms with Gasteiger partial charge in [0.1, 0.15) is 22.3 Å². The fraction of sp³-hybridized carbons (Fsp3) is 0.0645. The zero-order chi connectivity index (χ0) is 67.5. The van der Waals surface area contributed by atoms with Crippen molar-refractivity contribution in [3.8, 4) is 124 Å². The van der Waals surface area contributed by atoms with Crippen molar-refractivity contribution in [1.82, 2.24) is 34.9 Å². The van der Waals surface area contributed by atoms with Crippen molar-refractivity contribution in [1.29, 1.82) is 0 Å². The molecule has 102 heavy (non-hydrogen) atoms.